The summed E-state index contributed by atoms with van der Waals surface area (Å²) >= 11 is 0. The lowest BCUT2D eigenvalue weighted by Gasteiger charge is -2.25. The van der Waals surface area contributed by atoms with E-state index in [9.17, 15) is 4.39 Å². The van der Waals surface area contributed by atoms with E-state index in [-0.39, 0.29) is 23.7 Å². The van der Waals surface area contributed by atoms with Gasteiger partial charge >= 0.3 is 0 Å². The minimum absolute atomic E-state index is 0.183. The Labute approximate surface area is 119 Å². The maximum absolute atomic E-state index is 13.7. The fourth-order valence-electron chi connectivity index (χ4n) is 2.05. The Morgan fingerprint density at radius 3 is 2.35 bits per heavy atom. The number of hydrogen-bond acceptors (Lipinski definition) is 2. The van der Waals surface area contributed by atoms with Crippen molar-refractivity contribution in [2.75, 3.05) is 0 Å². The first-order chi connectivity index (χ1) is 9.61. The number of para-hydroxylation sites is 1. The molecule has 0 aliphatic heterocycles. The normalized spacial score (nSPS) is 13.8. The third-order valence-electron chi connectivity index (χ3n) is 3.36. The van der Waals surface area contributed by atoms with Gasteiger partial charge in [-0.05, 0) is 31.0 Å². The van der Waals surface area contributed by atoms with Gasteiger partial charge in [0.2, 0.25) is 0 Å². The first-order valence-corrected chi connectivity index (χ1v) is 6.85. The summed E-state index contributed by atoms with van der Waals surface area (Å²) in [4.78, 5) is 0. The summed E-state index contributed by atoms with van der Waals surface area (Å²) in [5.41, 5.74) is 8.27. The van der Waals surface area contributed by atoms with Crippen LogP contribution in [0.5, 0.6) is 5.75 Å². The molecule has 2 atom stereocenters. The Morgan fingerprint density at radius 1 is 1.10 bits per heavy atom. The summed E-state index contributed by atoms with van der Waals surface area (Å²) in [5, 5.41) is 0. The minimum atomic E-state index is -0.368. The molecule has 2 aromatic carbocycles. The topological polar surface area (TPSA) is 35.2 Å². The molecule has 0 spiro atoms. The zero-order chi connectivity index (χ0) is 14.5. The molecule has 0 aliphatic rings. The molecule has 0 amide bonds. The molecule has 0 radical (unpaired) electrons. The second kappa shape index (κ2) is 6.53. The van der Waals surface area contributed by atoms with E-state index < -0.39 is 0 Å². The predicted molar refractivity (Wildman–Crippen MR) is 79.2 cm³/mol. The molecular formula is C17H20FNO. The number of benzene rings is 2. The van der Waals surface area contributed by atoms with Crippen LogP contribution in [-0.4, -0.2) is 6.04 Å². The number of ether oxygens (including phenoxy) is 1. The summed E-state index contributed by atoms with van der Waals surface area (Å²) in [6, 6.07) is 14.2. The lowest BCUT2D eigenvalue weighted by Crippen LogP contribution is -2.31. The molecule has 0 bridgehead atoms. The molecule has 2 aromatic rings. The molecule has 106 valence electrons. The standard InChI is InChI=1S/C17H20FNO/c1-3-15(19)17(13-10-8-12(2)9-11-13)20-16-7-5-4-6-14(16)18/h4-11,15,17H,3,19H2,1-2H3. The zero-order valence-electron chi connectivity index (χ0n) is 11.8. The Hall–Kier alpha value is -1.87. The van der Waals surface area contributed by atoms with Crippen LogP contribution in [0.2, 0.25) is 0 Å². The maximum atomic E-state index is 13.7. The van der Waals surface area contributed by atoms with Gasteiger partial charge in [0.05, 0.1) is 0 Å². The van der Waals surface area contributed by atoms with Crippen LogP contribution in [-0.2, 0) is 0 Å². The molecule has 0 heterocycles. The van der Waals surface area contributed by atoms with Crippen LogP contribution in [0.3, 0.4) is 0 Å². The number of halogens is 1. The van der Waals surface area contributed by atoms with Gasteiger partial charge in [-0.2, -0.15) is 0 Å². The van der Waals surface area contributed by atoms with Crippen LogP contribution in [0, 0.1) is 12.7 Å². The molecular weight excluding hydrogens is 253 g/mol. The van der Waals surface area contributed by atoms with Crippen LogP contribution in [0.4, 0.5) is 4.39 Å². The molecule has 20 heavy (non-hydrogen) atoms. The number of rotatable bonds is 5. The highest BCUT2D eigenvalue weighted by Gasteiger charge is 2.21. The van der Waals surface area contributed by atoms with Gasteiger partial charge in [0, 0.05) is 6.04 Å². The van der Waals surface area contributed by atoms with Crippen molar-refractivity contribution in [3.05, 3.63) is 65.5 Å². The third-order valence-corrected chi connectivity index (χ3v) is 3.36. The van der Waals surface area contributed by atoms with Crippen LogP contribution >= 0.6 is 0 Å². The van der Waals surface area contributed by atoms with Crippen molar-refractivity contribution in [2.45, 2.75) is 32.4 Å². The fraction of sp³-hybridized carbons (Fsp3) is 0.294. The van der Waals surface area contributed by atoms with Gasteiger partial charge in [-0.25, -0.2) is 4.39 Å². The van der Waals surface area contributed by atoms with E-state index in [0.29, 0.717) is 0 Å². The lowest BCUT2D eigenvalue weighted by molar-refractivity contribution is 0.163. The van der Waals surface area contributed by atoms with Gasteiger partial charge in [0.25, 0.3) is 0 Å². The van der Waals surface area contributed by atoms with Gasteiger partial charge in [-0.3, -0.25) is 0 Å². The van der Waals surface area contributed by atoms with E-state index in [2.05, 4.69) is 0 Å². The van der Waals surface area contributed by atoms with Gasteiger partial charge < -0.3 is 10.5 Å². The quantitative estimate of drug-likeness (QED) is 0.894. The average molecular weight is 273 g/mol. The van der Waals surface area contributed by atoms with E-state index in [1.54, 1.807) is 18.2 Å². The molecule has 2 unspecified atom stereocenters. The van der Waals surface area contributed by atoms with E-state index in [1.807, 2.05) is 38.1 Å². The molecule has 2 N–H and O–H groups in total. The van der Waals surface area contributed by atoms with Gasteiger partial charge in [-0.15, -0.1) is 0 Å². The molecule has 3 heteroatoms. The molecule has 2 nitrogen and oxygen atoms in total. The van der Waals surface area contributed by atoms with Crippen LogP contribution in [0.15, 0.2) is 48.5 Å². The SMILES string of the molecule is CCC(N)C(Oc1ccccc1F)c1ccc(C)cc1. The lowest BCUT2D eigenvalue weighted by atomic mass is 10.00. The van der Waals surface area contributed by atoms with Crippen molar-refractivity contribution in [3.8, 4) is 5.75 Å². The van der Waals surface area contributed by atoms with Gasteiger partial charge in [0.15, 0.2) is 11.6 Å². The van der Waals surface area contributed by atoms with E-state index >= 15 is 0 Å². The fourth-order valence-corrected chi connectivity index (χ4v) is 2.05. The van der Waals surface area contributed by atoms with Crippen LogP contribution in [0.1, 0.15) is 30.6 Å². The molecule has 0 saturated heterocycles. The third kappa shape index (κ3) is 3.36. The smallest absolute Gasteiger partial charge is 0.165 e. The predicted octanol–water partition coefficient (Wildman–Crippen LogP) is 3.99. The molecule has 2 rings (SSSR count). The highest BCUT2D eigenvalue weighted by molar-refractivity contribution is 5.28. The summed E-state index contributed by atoms with van der Waals surface area (Å²) in [6.07, 6.45) is 0.407. The number of aryl methyl sites for hydroxylation is 1. The molecule has 0 aromatic heterocycles. The molecule has 0 aliphatic carbocycles. The van der Waals surface area contributed by atoms with Crippen LogP contribution in [0.25, 0.3) is 0 Å². The van der Waals surface area contributed by atoms with Crippen molar-refractivity contribution in [1.29, 1.82) is 0 Å². The van der Waals surface area contributed by atoms with Crippen molar-refractivity contribution in [3.63, 3.8) is 0 Å². The minimum Gasteiger partial charge on any atom is -0.481 e. The summed E-state index contributed by atoms with van der Waals surface area (Å²) in [7, 11) is 0. The van der Waals surface area contributed by atoms with Crippen molar-refractivity contribution < 1.29 is 9.13 Å². The van der Waals surface area contributed by atoms with Crippen molar-refractivity contribution in [1.82, 2.24) is 0 Å². The molecule has 0 fully saturated rings. The second-order valence-electron chi connectivity index (χ2n) is 4.95. The highest BCUT2D eigenvalue weighted by Crippen LogP contribution is 2.27. The van der Waals surface area contributed by atoms with E-state index in [0.717, 1.165) is 12.0 Å². The molecule has 0 saturated carbocycles. The highest BCUT2D eigenvalue weighted by atomic mass is 19.1. The Bertz CT molecular complexity index is 553. The van der Waals surface area contributed by atoms with E-state index in [4.69, 9.17) is 10.5 Å². The monoisotopic (exact) mass is 273 g/mol. The summed E-state index contributed by atoms with van der Waals surface area (Å²) < 4.78 is 19.6. The van der Waals surface area contributed by atoms with Crippen molar-refractivity contribution >= 4 is 0 Å². The maximum Gasteiger partial charge on any atom is 0.165 e. The Morgan fingerprint density at radius 2 is 1.75 bits per heavy atom. The Kier molecular flexibility index (Phi) is 4.74. The largest absolute Gasteiger partial charge is 0.481 e. The summed E-state index contributed by atoms with van der Waals surface area (Å²) in [6.45, 7) is 4.02. The zero-order valence-corrected chi connectivity index (χ0v) is 11.8. The second-order valence-corrected chi connectivity index (χ2v) is 4.95. The Balaban J connectivity index is 2.29. The average Bonchev–Trinajstić information content (AvgIpc) is 2.47. The first-order valence-electron chi connectivity index (χ1n) is 6.85. The first kappa shape index (κ1) is 14.5. The van der Waals surface area contributed by atoms with Gasteiger partial charge in [-0.1, -0.05) is 48.9 Å². The number of hydrogen-bond donors (Lipinski definition) is 1. The number of nitrogens with two attached hydrogens (primary N) is 1. The van der Waals surface area contributed by atoms with Crippen LogP contribution < -0.4 is 10.5 Å². The van der Waals surface area contributed by atoms with E-state index in [1.165, 1.54) is 11.6 Å². The van der Waals surface area contributed by atoms with Gasteiger partial charge in [0.1, 0.15) is 6.10 Å². The summed E-state index contributed by atoms with van der Waals surface area (Å²) in [5.74, 6) is -0.130. The van der Waals surface area contributed by atoms with Crippen molar-refractivity contribution in [2.24, 2.45) is 5.73 Å².